The number of aliphatic hydroxyl groups is 1. The fraction of sp³-hybridized carbons (Fsp3) is 0.222. The highest BCUT2D eigenvalue weighted by atomic mass is 16.3. The molecule has 62 valence electrons. The molecule has 0 aliphatic carbocycles. The Morgan fingerprint density at radius 3 is 2.92 bits per heavy atom. The van der Waals surface area contributed by atoms with Crippen molar-refractivity contribution in [1.29, 1.82) is 0 Å². The normalized spacial score (nSPS) is 10.8. The predicted octanol–water partition coefficient (Wildman–Crippen LogP) is 1.07. The van der Waals surface area contributed by atoms with Gasteiger partial charge in [0.15, 0.2) is 0 Å². The first-order chi connectivity index (χ1) is 5.83. The predicted molar refractivity (Wildman–Crippen MR) is 46.6 cm³/mol. The number of benzene rings is 1. The second-order valence-electron chi connectivity index (χ2n) is 2.75. The third kappa shape index (κ3) is 0.905. The van der Waals surface area contributed by atoms with E-state index in [1.807, 2.05) is 31.3 Å². The molecule has 1 aromatic heterocycles. The van der Waals surface area contributed by atoms with Gasteiger partial charge in [-0.15, -0.1) is 0 Å². The van der Waals surface area contributed by atoms with Gasteiger partial charge in [0.05, 0.1) is 17.8 Å². The lowest BCUT2D eigenvalue weighted by molar-refractivity contribution is 0.272. The van der Waals surface area contributed by atoms with E-state index in [1.165, 1.54) is 0 Å². The van der Waals surface area contributed by atoms with Crippen molar-refractivity contribution in [2.24, 2.45) is 7.05 Å². The number of fused-ring (bicyclic) bond motifs is 1. The maximum Gasteiger partial charge on any atom is 0.0927 e. The van der Waals surface area contributed by atoms with E-state index in [2.05, 4.69) is 5.10 Å². The van der Waals surface area contributed by atoms with Crippen LogP contribution < -0.4 is 0 Å². The first-order valence-electron chi connectivity index (χ1n) is 3.84. The number of hydrogen-bond acceptors (Lipinski definition) is 2. The number of nitrogens with zero attached hydrogens (tertiary/aromatic N) is 2. The van der Waals surface area contributed by atoms with Crippen LogP contribution in [0.3, 0.4) is 0 Å². The monoisotopic (exact) mass is 162 g/mol. The van der Waals surface area contributed by atoms with Gasteiger partial charge in [0.25, 0.3) is 0 Å². The molecule has 0 amide bonds. The van der Waals surface area contributed by atoms with Gasteiger partial charge in [0.1, 0.15) is 0 Å². The molecule has 0 aliphatic heterocycles. The van der Waals surface area contributed by atoms with E-state index in [-0.39, 0.29) is 6.61 Å². The van der Waals surface area contributed by atoms with Gasteiger partial charge in [-0.05, 0) is 6.07 Å². The summed E-state index contributed by atoms with van der Waals surface area (Å²) < 4.78 is 1.71. The van der Waals surface area contributed by atoms with E-state index in [0.29, 0.717) is 0 Å². The van der Waals surface area contributed by atoms with Crippen molar-refractivity contribution < 1.29 is 5.11 Å². The highest BCUT2D eigenvalue weighted by Gasteiger charge is 2.05. The summed E-state index contributed by atoms with van der Waals surface area (Å²) in [5.41, 5.74) is 1.80. The quantitative estimate of drug-likeness (QED) is 0.681. The molecule has 0 fully saturated rings. The molecule has 0 bridgehead atoms. The molecule has 0 saturated heterocycles. The number of aromatic nitrogens is 2. The standard InChI is InChI=1S/C9H10N2O/c1-11-9(6-12)7-4-2-3-5-8(7)10-11/h2-5,12H,6H2,1H3. The van der Waals surface area contributed by atoms with Gasteiger partial charge in [-0.2, -0.15) is 5.10 Å². The van der Waals surface area contributed by atoms with Crippen LogP contribution in [-0.2, 0) is 13.7 Å². The zero-order valence-corrected chi connectivity index (χ0v) is 6.86. The van der Waals surface area contributed by atoms with Gasteiger partial charge in [-0.1, -0.05) is 18.2 Å². The molecule has 12 heavy (non-hydrogen) atoms. The maximum atomic E-state index is 9.04. The van der Waals surface area contributed by atoms with Crippen LogP contribution in [0.2, 0.25) is 0 Å². The van der Waals surface area contributed by atoms with Crippen LogP contribution in [-0.4, -0.2) is 14.9 Å². The van der Waals surface area contributed by atoms with E-state index in [1.54, 1.807) is 4.68 Å². The fourth-order valence-corrected chi connectivity index (χ4v) is 1.39. The van der Waals surface area contributed by atoms with Crippen LogP contribution in [0.4, 0.5) is 0 Å². The molecule has 0 spiro atoms. The summed E-state index contributed by atoms with van der Waals surface area (Å²) in [4.78, 5) is 0. The Balaban J connectivity index is 2.81. The maximum absolute atomic E-state index is 9.04. The van der Waals surface area contributed by atoms with Crippen molar-refractivity contribution in [3.8, 4) is 0 Å². The topological polar surface area (TPSA) is 38.0 Å². The van der Waals surface area contributed by atoms with Crippen LogP contribution in [0.15, 0.2) is 24.3 Å². The van der Waals surface area contributed by atoms with E-state index in [0.717, 1.165) is 16.6 Å². The summed E-state index contributed by atoms with van der Waals surface area (Å²) in [6.07, 6.45) is 0. The molecule has 0 saturated carbocycles. The molecule has 3 nitrogen and oxygen atoms in total. The Morgan fingerprint density at radius 1 is 1.42 bits per heavy atom. The van der Waals surface area contributed by atoms with E-state index >= 15 is 0 Å². The van der Waals surface area contributed by atoms with Crippen LogP contribution in [0.5, 0.6) is 0 Å². The van der Waals surface area contributed by atoms with Gasteiger partial charge in [-0.25, -0.2) is 0 Å². The summed E-state index contributed by atoms with van der Waals surface area (Å²) in [5, 5.41) is 14.3. The van der Waals surface area contributed by atoms with Crippen molar-refractivity contribution in [2.75, 3.05) is 0 Å². The van der Waals surface area contributed by atoms with Crippen LogP contribution in [0.1, 0.15) is 5.69 Å². The number of hydrogen-bond donors (Lipinski definition) is 1. The molecule has 2 rings (SSSR count). The van der Waals surface area contributed by atoms with E-state index < -0.39 is 0 Å². The van der Waals surface area contributed by atoms with Gasteiger partial charge < -0.3 is 5.11 Å². The lowest BCUT2D eigenvalue weighted by atomic mass is 10.2. The second kappa shape index (κ2) is 2.60. The molecule has 0 unspecified atom stereocenters. The summed E-state index contributed by atoms with van der Waals surface area (Å²) in [6, 6.07) is 7.79. The minimum atomic E-state index is 0.0387. The lowest BCUT2D eigenvalue weighted by Crippen LogP contribution is -1.96. The average molecular weight is 162 g/mol. The van der Waals surface area contributed by atoms with Gasteiger partial charge in [-0.3, -0.25) is 4.68 Å². The first-order valence-corrected chi connectivity index (χ1v) is 3.84. The summed E-state index contributed by atoms with van der Waals surface area (Å²) in [5.74, 6) is 0. The van der Waals surface area contributed by atoms with Crippen molar-refractivity contribution in [3.63, 3.8) is 0 Å². The molecule has 1 aromatic carbocycles. The molecule has 0 radical (unpaired) electrons. The molecule has 0 aliphatic rings. The van der Waals surface area contributed by atoms with Crippen molar-refractivity contribution >= 4 is 10.9 Å². The molecule has 3 heteroatoms. The summed E-state index contributed by atoms with van der Waals surface area (Å²) in [7, 11) is 1.84. The molecule has 1 N–H and O–H groups in total. The van der Waals surface area contributed by atoms with Crippen molar-refractivity contribution in [1.82, 2.24) is 9.78 Å². The Morgan fingerprint density at radius 2 is 2.17 bits per heavy atom. The summed E-state index contributed by atoms with van der Waals surface area (Å²) >= 11 is 0. The van der Waals surface area contributed by atoms with Gasteiger partial charge >= 0.3 is 0 Å². The van der Waals surface area contributed by atoms with Crippen molar-refractivity contribution in [3.05, 3.63) is 30.0 Å². The highest BCUT2D eigenvalue weighted by Crippen LogP contribution is 2.16. The Labute approximate surface area is 70.2 Å². The molecular weight excluding hydrogens is 152 g/mol. The zero-order valence-electron chi connectivity index (χ0n) is 6.86. The molecule has 2 aromatic rings. The second-order valence-corrected chi connectivity index (χ2v) is 2.75. The average Bonchev–Trinajstić information content (AvgIpc) is 2.40. The van der Waals surface area contributed by atoms with Crippen LogP contribution >= 0.6 is 0 Å². The number of aliphatic hydroxyl groups excluding tert-OH is 1. The fourth-order valence-electron chi connectivity index (χ4n) is 1.39. The highest BCUT2D eigenvalue weighted by molar-refractivity contribution is 5.81. The van der Waals surface area contributed by atoms with Crippen LogP contribution in [0.25, 0.3) is 10.9 Å². The number of aryl methyl sites for hydroxylation is 1. The third-order valence-corrected chi connectivity index (χ3v) is 2.01. The van der Waals surface area contributed by atoms with Crippen molar-refractivity contribution in [2.45, 2.75) is 6.61 Å². The molecule has 0 atom stereocenters. The molecule has 1 heterocycles. The van der Waals surface area contributed by atoms with E-state index in [9.17, 15) is 0 Å². The minimum absolute atomic E-state index is 0.0387. The zero-order chi connectivity index (χ0) is 8.55. The number of rotatable bonds is 1. The van der Waals surface area contributed by atoms with Crippen LogP contribution in [0, 0.1) is 0 Å². The minimum Gasteiger partial charge on any atom is -0.390 e. The van der Waals surface area contributed by atoms with Gasteiger partial charge in [0.2, 0.25) is 0 Å². The SMILES string of the molecule is Cn1nc2ccccc2c1CO. The first kappa shape index (κ1) is 7.31. The Kier molecular flexibility index (Phi) is 1.59. The largest absolute Gasteiger partial charge is 0.390 e. The Hall–Kier alpha value is -1.35. The summed E-state index contributed by atoms with van der Waals surface area (Å²) in [6.45, 7) is 0.0387. The third-order valence-electron chi connectivity index (χ3n) is 2.01. The van der Waals surface area contributed by atoms with E-state index in [4.69, 9.17) is 5.11 Å². The lowest BCUT2D eigenvalue weighted by Gasteiger charge is -1.94. The smallest absolute Gasteiger partial charge is 0.0927 e. The van der Waals surface area contributed by atoms with Gasteiger partial charge in [0, 0.05) is 12.4 Å². The molecular formula is C9H10N2O. The Bertz CT molecular complexity index is 406.